The molecular formula is C19H21NO3S. The van der Waals surface area contributed by atoms with Gasteiger partial charge in [-0.05, 0) is 37.5 Å². The number of rotatable bonds is 6. The second kappa shape index (κ2) is 6.40. The summed E-state index contributed by atoms with van der Waals surface area (Å²) in [6.07, 6.45) is 1.63. The van der Waals surface area contributed by atoms with Gasteiger partial charge in [0.15, 0.2) is 9.84 Å². The lowest BCUT2D eigenvalue weighted by atomic mass is 9.93. The van der Waals surface area contributed by atoms with Crippen LogP contribution in [0.2, 0.25) is 0 Å². The van der Waals surface area contributed by atoms with E-state index in [9.17, 15) is 13.2 Å². The van der Waals surface area contributed by atoms with Gasteiger partial charge in [0.1, 0.15) is 0 Å². The quantitative estimate of drug-likeness (QED) is 0.877. The summed E-state index contributed by atoms with van der Waals surface area (Å²) in [5.74, 6) is -0.163. The molecule has 0 saturated heterocycles. The van der Waals surface area contributed by atoms with Crippen LogP contribution >= 0.6 is 0 Å². The Morgan fingerprint density at radius 1 is 1.08 bits per heavy atom. The molecule has 0 heterocycles. The van der Waals surface area contributed by atoms with Crippen LogP contribution in [-0.2, 0) is 20.0 Å². The molecule has 1 aliphatic carbocycles. The lowest BCUT2D eigenvalue weighted by Gasteiger charge is -2.16. The molecule has 1 amide bonds. The van der Waals surface area contributed by atoms with Gasteiger partial charge in [-0.3, -0.25) is 4.79 Å². The van der Waals surface area contributed by atoms with Gasteiger partial charge >= 0.3 is 0 Å². The van der Waals surface area contributed by atoms with Gasteiger partial charge in [0.05, 0.1) is 16.1 Å². The van der Waals surface area contributed by atoms with Crippen LogP contribution < -0.4 is 5.32 Å². The maximum Gasteiger partial charge on any atom is 0.230 e. The number of hydrogen-bond donors (Lipinski definition) is 1. The molecule has 1 fully saturated rings. The van der Waals surface area contributed by atoms with Crippen LogP contribution in [0.5, 0.6) is 0 Å². The average Bonchev–Trinajstić information content (AvgIpc) is 3.37. The Bertz CT molecular complexity index is 840. The van der Waals surface area contributed by atoms with Crippen LogP contribution in [0, 0.1) is 6.92 Å². The van der Waals surface area contributed by atoms with Crippen molar-refractivity contribution in [2.24, 2.45) is 0 Å². The summed E-state index contributed by atoms with van der Waals surface area (Å²) in [6.45, 7) is 2.13. The summed E-state index contributed by atoms with van der Waals surface area (Å²) >= 11 is 0. The molecule has 24 heavy (non-hydrogen) atoms. The van der Waals surface area contributed by atoms with Gasteiger partial charge in [0.2, 0.25) is 5.91 Å². The fraction of sp³-hybridized carbons (Fsp3) is 0.316. The van der Waals surface area contributed by atoms with E-state index in [1.807, 2.05) is 31.2 Å². The number of aryl methyl sites for hydroxylation is 1. The van der Waals surface area contributed by atoms with Crippen molar-refractivity contribution in [1.29, 1.82) is 0 Å². The van der Waals surface area contributed by atoms with E-state index in [1.165, 1.54) is 0 Å². The molecule has 2 aromatic rings. The molecule has 1 aliphatic rings. The van der Waals surface area contributed by atoms with Crippen molar-refractivity contribution in [2.75, 3.05) is 12.3 Å². The molecule has 0 atom stereocenters. The summed E-state index contributed by atoms with van der Waals surface area (Å²) in [5.41, 5.74) is 1.67. The van der Waals surface area contributed by atoms with Gasteiger partial charge in [-0.2, -0.15) is 0 Å². The minimum absolute atomic E-state index is 0.0728. The molecule has 1 N–H and O–H groups in total. The summed E-state index contributed by atoms with van der Waals surface area (Å²) in [4.78, 5) is 12.8. The van der Waals surface area contributed by atoms with Crippen LogP contribution in [0.15, 0.2) is 59.5 Å². The Morgan fingerprint density at radius 2 is 1.79 bits per heavy atom. The molecule has 126 valence electrons. The highest BCUT2D eigenvalue weighted by Crippen LogP contribution is 2.48. The maximum atomic E-state index is 12.6. The monoisotopic (exact) mass is 343 g/mol. The largest absolute Gasteiger partial charge is 0.354 e. The van der Waals surface area contributed by atoms with Crippen LogP contribution in [0.25, 0.3) is 0 Å². The normalized spacial score (nSPS) is 15.7. The molecule has 0 aromatic heterocycles. The molecule has 0 bridgehead atoms. The predicted octanol–water partition coefficient (Wildman–Crippen LogP) is 2.62. The molecule has 1 saturated carbocycles. The maximum absolute atomic E-state index is 12.6. The highest BCUT2D eigenvalue weighted by Gasteiger charge is 2.51. The average molecular weight is 343 g/mol. The second-order valence-corrected chi connectivity index (χ2v) is 8.45. The number of carbonyl (C=O) groups excluding carboxylic acids is 1. The summed E-state index contributed by atoms with van der Waals surface area (Å²) in [6, 6.07) is 16.3. The van der Waals surface area contributed by atoms with Crippen LogP contribution in [0.4, 0.5) is 0 Å². The summed E-state index contributed by atoms with van der Waals surface area (Å²) < 4.78 is 24.5. The number of carbonyl (C=O) groups is 1. The van der Waals surface area contributed by atoms with Gasteiger partial charge in [-0.15, -0.1) is 0 Å². The van der Waals surface area contributed by atoms with E-state index in [0.717, 1.165) is 24.0 Å². The first-order valence-electron chi connectivity index (χ1n) is 8.07. The number of amides is 1. The molecule has 0 unspecified atom stereocenters. The van der Waals surface area contributed by atoms with Gasteiger partial charge < -0.3 is 5.32 Å². The summed E-state index contributed by atoms with van der Waals surface area (Å²) in [5, 5.41) is 2.81. The van der Waals surface area contributed by atoms with Crippen LogP contribution in [0.3, 0.4) is 0 Å². The van der Waals surface area contributed by atoms with E-state index in [4.69, 9.17) is 0 Å². The molecule has 0 spiro atoms. The van der Waals surface area contributed by atoms with E-state index < -0.39 is 15.3 Å². The zero-order valence-electron chi connectivity index (χ0n) is 13.7. The first kappa shape index (κ1) is 16.7. The molecule has 4 nitrogen and oxygen atoms in total. The Labute approximate surface area is 142 Å². The fourth-order valence-electron chi connectivity index (χ4n) is 2.93. The zero-order valence-corrected chi connectivity index (χ0v) is 14.5. The standard InChI is InChI=1S/C19H21NO3S/c1-15-6-5-7-16(14-15)19(10-11-19)18(21)20-12-13-24(22,23)17-8-3-2-4-9-17/h2-9,14H,10-13H2,1H3,(H,20,21). The van der Waals surface area contributed by atoms with Gasteiger partial charge in [-0.1, -0.05) is 48.0 Å². The Balaban J connectivity index is 1.62. The van der Waals surface area contributed by atoms with E-state index >= 15 is 0 Å². The van der Waals surface area contributed by atoms with Crippen molar-refractivity contribution in [3.63, 3.8) is 0 Å². The topological polar surface area (TPSA) is 63.2 Å². The van der Waals surface area contributed by atoms with Crippen LogP contribution in [-0.4, -0.2) is 26.6 Å². The number of benzene rings is 2. The minimum Gasteiger partial charge on any atom is -0.354 e. The third kappa shape index (κ3) is 3.36. The van der Waals surface area contributed by atoms with E-state index in [0.29, 0.717) is 4.90 Å². The molecular weight excluding hydrogens is 322 g/mol. The van der Waals surface area contributed by atoms with E-state index in [1.54, 1.807) is 30.3 Å². The van der Waals surface area contributed by atoms with Crippen molar-refractivity contribution in [2.45, 2.75) is 30.1 Å². The third-order valence-corrected chi connectivity index (χ3v) is 6.25. The highest BCUT2D eigenvalue weighted by atomic mass is 32.2. The molecule has 2 aromatic carbocycles. The van der Waals surface area contributed by atoms with Gasteiger partial charge in [0, 0.05) is 6.54 Å². The Kier molecular flexibility index (Phi) is 4.45. The fourth-order valence-corrected chi connectivity index (χ4v) is 4.11. The van der Waals surface area contributed by atoms with Gasteiger partial charge in [-0.25, -0.2) is 8.42 Å². The van der Waals surface area contributed by atoms with Crippen molar-refractivity contribution >= 4 is 15.7 Å². The van der Waals surface area contributed by atoms with Crippen molar-refractivity contribution in [1.82, 2.24) is 5.32 Å². The second-order valence-electron chi connectivity index (χ2n) is 6.34. The first-order valence-corrected chi connectivity index (χ1v) is 9.73. The van der Waals surface area contributed by atoms with Crippen LogP contribution in [0.1, 0.15) is 24.0 Å². The third-order valence-electron chi connectivity index (χ3n) is 4.51. The zero-order chi connectivity index (χ0) is 17.2. The number of nitrogens with one attached hydrogen (secondary N) is 1. The lowest BCUT2D eigenvalue weighted by Crippen LogP contribution is -2.37. The van der Waals surface area contributed by atoms with Gasteiger partial charge in [0.25, 0.3) is 0 Å². The summed E-state index contributed by atoms with van der Waals surface area (Å²) in [7, 11) is -3.37. The highest BCUT2D eigenvalue weighted by molar-refractivity contribution is 7.91. The molecule has 5 heteroatoms. The Hall–Kier alpha value is -2.14. The molecule has 3 rings (SSSR count). The smallest absolute Gasteiger partial charge is 0.230 e. The Morgan fingerprint density at radius 3 is 2.42 bits per heavy atom. The number of sulfone groups is 1. The lowest BCUT2D eigenvalue weighted by molar-refractivity contribution is -0.123. The van der Waals surface area contributed by atoms with Crippen molar-refractivity contribution in [3.05, 3.63) is 65.7 Å². The SMILES string of the molecule is Cc1cccc(C2(C(=O)NCCS(=O)(=O)c3ccccc3)CC2)c1. The van der Waals surface area contributed by atoms with Crippen molar-refractivity contribution in [3.8, 4) is 0 Å². The van der Waals surface area contributed by atoms with E-state index in [2.05, 4.69) is 5.32 Å². The first-order chi connectivity index (χ1) is 11.4. The predicted molar refractivity (Wildman–Crippen MR) is 93.6 cm³/mol. The van der Waals surface area contributed by atoms with E-state index in [-0.39, 0.29) is 18.2 Å². The minimum atomic E-state index is -3.37. The number of hydrogen-bond acceptors (Lipinski definition) is 3. The molecule has 0 radical (unpaired) electrons. The molecule has 0 aliphatic heterocycles. The van der Waals surface area contributed by atoms with Crippen molar-refractivity contribution < 1.29 is 13.2 Å².